The van der Waals surface area contributed by atoms with Crippen LogP contribution in [-0.4, -0.2) is 17.4 Å². The number of carbonyl (C=O) groups is 1. The lowest BCUT2D eigenvalue weighted by Crippen LogP contribution is -2.34. The fourth-order valence-corrected chi connectivity index (χ4v) is 2.69. The minimum Gasteiger partial charge on any atom is -0.321 e. The van der Waals surface area contributed by atoms with Gasteiger partial charge in [-0.2, -0.15) is 0 Å². The van der Waals surface area contributed by atoms with Crippen molar-refractivity contribution in [1.82, 2.24) is 4.98 Å². The molecule has 0 bridgehead atoms. The molecule has 1 heterocycles. The third-order valence-corrected chi connectivity index (χ3v) is 3.99. The van der Waals surface area contributed by atoms with Gasteiger partial charge in [-0.25, -0.2) is 0 Å². The van der Waals surface area contributed by atoms with Crippen molar-refractivity contribution in [3.05, 3.63) is 82.7 Å². The molecule has 0 saturated heterocycles. The zero-order chi connectivity index (χ0) is 17.1. The zero-order valence-corrected chi connectivity index (χ0v) is 13.5. The minimum atomic E-state index is -0.375. The average molecular weight is 318 g/mol. The molecule has 4 heteroatoms. The van der Waals surface area contributed by atoms with E-state index in [-0.39, 0.29) is 17.0 Å². The van der Waals surface area contributed by atoms with Crippen molar-refractivity contribution in [3.63, 3.8) is 0 Å². The normalized spacial score (nSPS) is 10.5. The monoisotopic (exact) mass is 318 g/mol. The number of anilines is 1. The number of nitrogens with zero attached hydrogens (tertiary/aromatic N) is 1. The molecule has 0 aliphatic heterocycles. The highest BCUT2D eigenvalue weighted by Crippen LogP contribution is 2.19. The fraction of sp³-hybridized carbons (Fsp3) is 0.100. The summed E-state index contributed by atoms with van der Waals surface area (Å²) in [5.41, 5.74) is 2.21. The van der Waals surface area contributed by atoms with Gasteiger partial charge < -0.3 is 9.88 Å². The number of hydrogen-bond acceptors (Lipinski definition) is 2. The number of carbonyl (C=O) groups excluding carboxylic acids is 1. The lowest BCUT2D eigenvalue weighted by Gasteiger charge is -2.21. The van der Waals surface area contributed by atoms with Gasteiger partial charge in [-0.15, -0.1) is 0 Å². The predicted octanol–water partition coefficient (Wildman–Crippen LogP) is 3.84. The second-order valence-corrected chi connectivity index (χ2v) is 5.44. The van der Waals surface area contributed by atoms with Crippen LogP contribution in [-0.2, 0) is 0 Å². The van der Waals surface area contributed by atoms with Gasteiger partial charge in [0, 0.05) is 17.7 Å². The predicted molar refractivity (Wildman–Crippen MR) is 98.5 cm³/mol. The maximum absolute atomic E-state index is 12.9. The maximum Gasteiger partial charge on any atom is 0.263 e. The Morgan fingerprint density at radius 2 is 1.88 bits per heavy atom. The van der Waals surface area contributed by atoms with E-state index in [0.717, 1.165) is 22.2 Å². The topological polar surface area (TPSA) is 53.2 Å². The summed E-state index contributed by atoms with van der Waals surface area (Å²) in [5.74, 6) is -0.309. The van der Waals surface area contributed by atoms with Gasteiger partial charge in [0.2, 0.25) is 0 Å². The number of hydrogen-bond donors (Lipinski definition) is 1. The second kappa shape index (κ2) is 6.54. The van der Waals surface area contributed by atoms with E-state index in [1.54, 1.807) is 17.0 Å². The van der Waals surface area contributed by atoms with E-state index >= 15 is 0 Å². The molecular weight excluding hydrogens is 300 g/mol. The first-order valence-electron chi connectivity index (χ1n) is 7.80. The minimum absolute atomic E-state index is 0.142. The highest BCUT2D eigenvalue weighted by molar-refractivity contribution is 6.07. The SMILES string of the molecule is C=Cc1ccc(N(CC)C(=O)c2cc3ccccc3[nH]c2=O)cc1. The molecule has 0 fully saturated rings. The molecule has 3 rings (SSSR count). The molecule has 4 nitrogen and oxygen atoms in total. The Morgan fingerprint density at radius 1 is 1.17 bits per heavy atom. The number of aromatic amines is 1. The number of nitrogens with one attached hydrogen (secondary N) is 1. The van der Waals surface area contributed by atoms with Crippen molar-refractivity contribution in [1.29, 1.82) is 0 Å². The van der Waals surface area contributed by atoms with Crippen molar-refractivity contribution < 1.29 is 4.79 Å². The number of fused-ring (bicyclic) bond motifs is 1. The van der Waals surface area contributed by atoms with Gasteiger partial charge in [0.1, 0.15) is 5.56 Å². The average Bonchev–Trinajstić information content (AvgIpc) is 2.62. The Hall–Kier alpha value is -3.14. The summed E-state index contributed by atoms with van der Waals surface area (Å²) < 4.78 is 0. The van der Waals surface area contributed by atoms with Crippen molar-refractivity contribution in [2.24, 2.45) is 0 Å². The molecule has 0 unspecified atom stereocenters. The molecule has 1 amide bonds. The first kappa shape index (κ1) is 15.7. The smallest absolute Gasteiger partial charge is 0.263 e. The van der Waals surface area contributed by atoms with Crippen LogP contribution < -0.4 is 10.5 Å². The van der Waals surface area contributed by atoms with Gasteiger partial charge in [-0.1, -0.05) is 43.0 Å². The second-order valence-electron chi connectivity index (χ2n) is 5.44. The van der Waals surface area contributed by atoms with Crippen molar-refractivity contribution in [2.75, 3.05) is 11.4 Å². The van der Waals surface area contributed by atoms with Crippen LogP contribution in [0.1, 0.15) is 22.8 Å². The van der Waals surface area contributed by atoms with E-state index in [9.17, 15) is 9.59 Å². The summed E-state index contributed by atoms with van der Waals surface area (Å²) in [6.07, 6.45) is 1.75. The van der Waals surface area contributed by atoms with Crippen LogP contribution in [0.25, 0.3) is 17.0 Å². The third kappa shape index (κ3) is 2.86. The van der Waals surface area contributed by atoms with E-state index in [2.05, 4.69) is 11.6 Å². The highest BCUT2D eigenvalue weighted by Gasteiger charge is 2.19. The van der Waals surface area contributed by atoms with Crippen molar-refractivity contribution >= 4 is 28.6 Å². The van der Waals surface area contributed by atoms with E-state index in [0.29, 0.717) is 6.54 Å². The summed E-state index contributed by atoms with van der Waals surface area (Å²) in [7, 11) is 0. The third-order valence-electron chi connectivity index (χ3n) is 3.99. The van der Waals surface area contributed by atoms with E-state index < -0.39 is 0 Å². The van der Waals surface area contributed by atoms with Gasteiger partial charge in [0.15, 0.2) is 0 Å². The van der Waals surface area contributed by atoms with Crippen LogP contribution >= 0.6 is 0 Å². The first-order chi connectivity index (χ1) is 11.6. The number of amides is 1. The number of H-pyrrole nitrogens is 1. The molecule has 0 aliphatic rings. The number of benzene rings is 2. The molecule has 1 N–H and O–H groups in total. The van der Waals surface area contributed by atoms with Gasteiger partial charge >= 0.3 is 0 Å². The maximum atomic E-state index is 12.9. The molecule has 3 aromatic rings. The van der Waals surface area contributed by atoms with Crippen LogP contribution in [0.4, 0.5) is 5.69 Å². The molecule has 120 valence electrons. The van der Waals surface area contributed by atoms with E-state index in [1.165, 1.54) is 0 Å². The van der Waals surface area contributed by atoms with Crippen LogP contribution in [0.15, 0.2) is 66.0 Å². The van der Waals surface area contributed by atoms with Crippen molar-refractivity contribution in [2.45, 2.75) is 6.92 Å². The molecule has 0 saturated carbocycles. The molecule has 24 heavy (non-hydrogen) atoms. The van der Waals surface area contributed by atoms with Crippen LogP contribution in [0.2, 0.25) is 0 Å². The Kier molecular flexibility index (Phi) is 4.29. The summed E-state index contributed by atoms with van der Waals surface area (Å²) in [5, 5.41) is 0.832. The Bertz CT molecular complexity index is 955. The molecule has 0 spiro atoms. The van der Waals surface area contributed by atoms with Gasteiger partial charge in [0.25, 0.3) is 11.5 Å². The molecule has 0 aliphatic carbocycles. The molecule has 0 radical (unpaired) electrons. The zero-order valence-electron chi connectivity index (χ0n) is 13.5. The van der Waals surface area contributed by atoms with Gasteiger partial charge in [-0.3, -0.25) is 9.59 Å². The molecule has 2 aromatic carbocycles. The summed E-state index contributed by atoms with van der Waals surface area (Å²) >= 11 is 0. The highest BCUT2D eigenvalue weighted by atomic mass is 16.2. The molecular formula is C20H18N2O2. The number of aromatic nitrogens is 1. The standard InChI is InChI=1S/C20H18N2O2/c1-3-14-9-11-16(12-10-14)22(4-2)20(24)17-13-15-7-5-6-8-18(15)21-19(17)23/h3,5-13H,1,4H2,2H3,(H,21,23). The molecule has 1 aromatic heterocycles. The summed E-state index contributed by atoms with van der Waals surface area (Å²) in [4.78, 5) is 29.6. The largest absolute Gasteiger partial charge is 0.321 e. The Balaban J connectivity index is 2.03. The number of pyridine rings is 1. The van der Waals surface area contributed by atoms with Crippen LogP contribution in [0, 0.1) is 0 Å². The first-order valence-corrected chi connectivity index (χ1v) is 7.80. The number of para-hydroxylation sites is 1. The van der Waals surface area contributed by atoms with E-state index in [4.69, 9.17) is 0 Å². The quantitative estimate of drug-likeness (QED) is 0.794. The summed E-state index contributed by atoms with van der Waals surface area (Å²) in [6.45, 7) is 6.08. The Labute approximate surface area is 140 Å². The molecule has 0 atom stereocenters. The van der Waals surface area contributed by atoms with Crippen LogP contribution in [0.3, 0.4) is 0 Å². The van der Waals surface area contributed by atoms with Crippen molar-refractivity contribution in [3.8, 4) is 0 Å². The van der Waals surface area contributed by atoms with Crippen LogP contribution in [0.5, 0.6) is 0 Å². The van der Waals surface area contributed by atoms with E-state index in [1.807, 2.05) is 55.5 Å². The summed E-state index contributed by atoms with van der Waals surface area (Å²) in [6, 6.07) is 16.6. The fourth-order valence-electron chi connectivity index (χ4n) is 2.69. The van der Waals surface area contributed by atoms with Gasteiger partial charge in [0.05, 0.1) is 0 Å². The van der Waals surface area contributed by atoms with Gasteiger partial charge in [-0.05, 0) is 42.1 Å². The Morgan fingerprint density at radius 3 is 2.54 bits per heavy atom. The number of rotatable bonds is 4. The lowest BCUT2D eigenvalue weighted by atomic mass is 10.1. The lowest BCUT2D eigenvalue weighted by molar-refractivity contribution is 0.0987.